The van der Waals surface area contributed by atoms with Gasteiger partial charge in [0, 0.05) is 24.1 Å². The first-order valence-electron chi connectivity index (χ1n) is 6.38. The second kappa shape index (κ2) is 7.33. The molecule has 5 heteroatoms. The molecule has 4 nitrogen and oxygen atoms in total. The number of aryl methyl sites for hydroxylation is 1. The number of benzene rings is 1. The Kier molecular flexibility index (Phi) is 6.07. The van der Waals surface area contributed by atoms with E-state index in [-0.39, 0.29) is 17.8 Å². The van der Waals surface area contributed by atoms with Crippen LogP contribution in [0.5, 0.6) is 0 Å². The van der Waals surface area contributed by atoms with Crippen molar-refractivity contribution in [1.29, 1.82) is 0 Å². The summed E-state index contributed by atoms with van der Waals surface area (Å²) in [6.07, 6.45) is 1.97. The van der Waals surface area contributed by atoms with Crippen molar-refractivity contribution >= 4 is 23.6 Å². The van der Waals surface area contributed by atoms with Gasteiger partial charge in [-0.05, 0) is 30.9 Å². The normalized spacial score (nSPS) is 11.8. The summed E-state index contributed by atoms with van der Waals surface area (Å²) in [5.74, 6) is -0.716. The number of amides is 1. The Balaban J connectivity index is 2.86. The average Bonchev–Trinajstić information content (AvgIpc) is 2.45. The van der Waals surface area contributed by atoms with Crippen LogP contribution in [0.2, 0.25) is 0 Å². The monoisotopic (exact) mass is 295 g/mol. The molecule has 0 aliphatic heterocycles. The maximum absolute atomic E-state index is 12.4. The van der Waals surface area contributed by atoms with Gasteiger partial charge in [0.25, 0.3) is 5.91 Å². The second-order valence-corrected chi connectivity index (χ2v) is 5.67. The molecule has 1 amide bonds. The molecule has 0 radical (unpaired) electrons. The summed E-state index contributed by atoms with van der Waals surface area (Å²) in [5, 5.41) is 0. The molecule has 0 saturated heterocycles. The molecule has 0 N–H and O–H groups in total. The third kappa shape index (κ3) is 4.00. The molecule has 0 heterocycles. The van der Waals surface area contributed by atoms with Crippen LogP contribution in [0.25, 0.3) is 0 Å². The molecule has 1 rings (SSSR count). The van der Waals surface area contributed by atoms with Crippen molar-refractivity contribution in [3.8, 4) is 0 Å². The number of methoxy groups -OCH3 is 1. The molecule has 0 aromatic heterocycles. The smallest absolute Gasteiger partial charge is 0.310 e. The highest BCUT2D eigenvalue weighted by Crippen LogP contribution is 2.20. The van der Waals surface area contributed by atoms with Gasteiger partial charge in [-0.3, -0.25) is 9.59 Å². The van der Waals surface area contributed by atoms with Gasteiger partial charge in [0.05, 0.1) is 13.0 Å². The van der Waals surface area contributed by atoms with E-state index in [1.807, 2.05) is 31.4 Å². The van der Waals surface area contributed by atoms with E-state index in [4.69, 9.17) is 0 Å². The highest BCUT2D eigenvalue weighted by Gasteiger charge is 2.20. The van der Waals surface area contributed by atoms with Crippen molar-refractivity contribution in [2.24, 2.45) is 5.92 Å². The van der Waals surface area contributed by atoms with Crippen molar-refractivity contribution in [2.75, 3.05) is 27.0 Å². The van der Waals surface area contributed by atoms with Crippen LogP contribution < -0.4 is 0 Å². The molecule has 1 aromatic carbocycles. The quantitative estimate of drug-likeness (QED) is 0.619. The maximum Gasteiger partial charge on any atom is 0.310 e. The Labute approximate surface area is 124 Å². The molecule has 0 bridgehead atoms. The topological polar surface area (TPSA) is 46.6 Å². The molecular formula is C15H21NO3S. The molecule has 0 fully saturated rings. The van der Waals surface area contributed by atoms with Crippen LogP contribution >= 0.6 is 11.8 Å². The second-order valence-electron chi connectivity index (χ2n) is 4.79. The van der Waals surface area contributed by atoms with Crippen LogP contribution in [-0.2, 0) is 9.53 Å². The summed E-state index contributed by atoms with van der Waals surface area (Å²) >= 11 is 1.60. The van der Waals surface area contributed by atoms with Crippen LogP contribution in [-0.4, -0.2) is 43.7 Å². The summed E-state index contributed by atoms with van der Waals surface area (Å²) in [6, 6.07) is 5.83. The summed E-state index contributed by atoms with van der Waals surface area (Å²) in [6.45, 7) is 4.00. The first-order valence-corrected chi connectivity index (χ1v) is 7.61. The third-order valence-electron chi connectivity index (χ3n) is 3.17. The van der Waals surface area contributed by atoms with Gasteiger partial charge in [-0.1, -0.05) is 13.0 Å². The zero-order valence-electron chi connectivity index (χ0n) is 12.6. The van der Waals surface area contributed by atoms with Crippen LogP contribution in [0.1, 0.15) is 22.8 Å². The van der Waals surface area contributed by atoms with E-state index in [0.29, 0.717) is 12.1 Å². The van der Waals surface area contributed by atoms with Gasteiger partial charge in [-0.2, -0.15) is 0 Å². The van der Waals surface area contributed by atoms with E-state index in [9.17, 15) is 9.59 Å². The summed E-state index contributed by atoms with van der Waals surface area (Å²) < 4.78 is 4.68. The van der Waals surface area contributed by atoms with Gasteiger partial charge in [0.2, 0.25) is 0 Å². The number of nitrogens with zero attached hydrogens (tertiary/aromatic N) is 1. The van der Waals surface area contributed by atoms with Crippen molar-refractivity contribution < 1.29 is 14.3 Å². The van der Waals surface area contributed by atoms with Crippen LogP contribution in [0.3, 0.4) is 0 Å². The van der Waals surface area contributed by atoms with Crippen molar-refractivity contribution in [2.45, 2.75) is 18.7 Å². The molecule has 110 valence electrons. The zero-order valence-corrected chi connectivity index (χ0v) is 13.4. The minimum absolute atomic E-state index is 0.0749. The van der Waals surface area contributed by atoms with Gasteiger partial charge in [-0.15, -0.1) is 11.8 Å². The molecule has 1 atom stereocenters. The minimum atomic E-state index is -0.335. The first kappa shape index (κ1) is 16.6. The number of carbonyl (C=O) groups is 2. The average molecular weight is 295 g/mol. The lowest BCUT2D eigenvalue weighted by molar-refractivity contribution is -0.145. The lowest BCUT2D eigenvalue weighted by Gasteiger charge is -2.21. The number of hydrogen-bond acceptors (Lipinski definition) is 4. The lowest BCUT2D eigenvalue weighted by Crippen LogP contribution is -2.34. The number of esters is 1. The molecule has 1 aromatic rings. The first-order chi connectivity index (χ1) is 9.40. The Morgan fingerprint density at radius 2 is 2.05 bits per heavy atom. The van der Waals surface area contributed by atoms with E-state index in [1.54, 1.807) is 30.6 Å². The fourth-order valence-electron chi connectivity index (χ4n) is 1.93. The predicted molar refractivity (Wildman–Crippen MR) is 81.1 cm³/mol. The van der Waals surface area contributed by atoms with Gasteiger partial charge >= 0.3 is 5.97 Å². The highest BCUT2D eigenvalue weighted by molar-refractivity contribution is 7.98. The maximum atomic E-state index is 12.4. The number of hydrogen-bond donors (Lipinski definition) is 0. The van der Waals surface area contributed by atoms with E-state index in [1.165, 1.54) is 7.11 Å². The van der Waals surface area contributed by atoms with Crippen molar-refractivity contribution in [3.63, 3.8) is 0 Å². The van der Waals surface area contributed by atoms with Gasteiger partial charge in [0.15, 0.2) is 0 Å². The Bertz CT molecular complexity index is 502. The minimum Gasteiger partial charge on any atom is -0.469 e. The number of ether oxygens (including phenoxy) is 1. The highest BCUT2D eigenvalue weighted by atomic mass is 32.2. The van der Waals surface area contributed by atoms with Gasteiger partial charge in [-0.25, -0.2) is 0 Å². The van der Waals surface area contributed by atoms with E-state index in [0.717, 1.165) is 10.5 Å². The third-order valence-corrected chi connectivity index (χ3v) is 3.90. The molecule has 20 heavy (non-hydrogen) atoms. The van der Waals surface area contributed by atoms with E-state index in [2.05, 4.69) is 4.74 Å². The predicted octanol–water partition coefficient (Wildman–Crippen LogP) is 2.60. The Hall–Kier alpha value is -1.49. The Morgan fingerprint density at radius 3 is 2.60 bits per heavy atom. The Morgan fingerprint density at radius 1 is 1.40 bits per heavy atom. The fourth-order valence-corrected chi connectivity index (χ4v) is 2.37. The van der Waals surface area contributed by atoms with Crippen LogP contribution in [0, 0.1) is 12.8 Å². The summed E-state index contributed by atoms with van der Waals surface area (Å²) in [7, 11) is 3.06. The van der Waals surface area contributed by atoms with E-state index >= 15 is 0 Å². The largest absolute Gasteiger partial charge is 0.469 e. The van der Waals surface area contributed by atoms with Crippen molar-refractivity contribution in [1.82, 2.24) is 4.90 Å². The number of rotatable bonds is 5. The van der Waals surface area contributed by atoms with Gasteiger partial charge < -0.3 is 9.64 Å². The fraction of sp³-hybridized carbons (Fsp3) is 0.467. The van der Waals surface area contributed by atoms with Crippen molar-refractivity contribution in [3.05, 3.63) is 29.3 Å². The van der Waals surface area contributed by atoms with Crippen LogP contribution in [0.4, 0.5) is 0 Å². The number of carbonyl (C=O) groups excluding carboxylic acids is 2. The SMILES string of the molecule is COC(=O)C(C)CN(C)C(=O)c1cc(SC)ccc1C. The molecular weight excluding hydrogens is 274 g/mol. The molecule has 0 saturated carbocycles. The standard InChI is InChI=1S/C15H21NO3S/c1-10-6-7-12(20-5)8-13(10)14(17)16(3)9-11(2)15(18)19-4/h6-8,11H,9H2,1-5H3. The van der Waals surface area contributed by atoms with Crippen LogP contribution in [0.15, 0.2) is 23.1 Å². The molecule has 0 aliphatic rings. The lowest BCUT2D eigenvalue weighted by atomic mass is 10.1. The number of thioether (sulfide) groups is 1. The zero-order chi connectivity index (χ0) is 15.3. The molecule has 0 aliphatic carbocycles. The molecule has 1 unspecified atom stereocenters. The summed E-state index contributed by atoms with van der Waals surface area (Å²) in [5.41, 5.74) is 1.61. The van der Waals surface area contributed by atoms with Gasteiger partial charge in [0.1, 0.15) is 0 Å². The molecule has 0 spiro atoms. The summed E-state index contributed by atoms with van der Waals surface area (Å²) in [4.78, 5) is 26.5. The van der Waals surface area contributed by atoms with E-state index < -0.39 is 0 Å².